The second-order valence-corrected chi connectivity index (χ2v) is 7.31. The van der Waals surface area contributed by atoms with Crippen LogP contribution in [0.15, 0.2) is 5.11 Å². The average molecular weight is 381 g/mol. The van der Waals surface area contributed by atoms with Gasteiger partial charge >= 0.3 is 0 Å². The molecule has 0 aromatic rings. The number of azide groups is 1. The standard InChI is InChI=1S/C13H23N3O8S/c1-4-8(19)5(2-17)23-12(9(4)20)25-13-11(22)7(15-16-14)10(21)6(3-18)24-13/h4-13,17-22H,2-3H2,1H3/t4?,5?,6-,7?,8-,9?,10?,11-,12+,13+/m1/s1. The predicted octanol–water partition coefficient (Wildman–Crippen LogP) is -2.09. The second-order valence-electron chi connectivity index (χ2n) is 6.10. The number of ether oxygens (including phenoxy) is 2. The van der Waals surface area contributed by atoms with E-state index in [0.717, 1.165) is 11.8 Å². The van der Waals surface area contributed by atoms with E-state index in [1.807, 2.05) is 0 Å². The van der Waals surface area contributed by atoms with Gasteiger partial charge in [-0.1, -0.05) is 23.8 Å². The van der Waals surface area contributed by atoms with Crippen molar-refractivity contribution in [3.63, 3.8) is 0 Å². The Balaban J connectivity index is 2.15. The lowest BCUT2D eigenvalue weighted by molar-refractivity contribution is -0.182. The SMILES string of the molecule is CC1C(O)[C@H](S[C@@H]2O[C@H](CO)C(O)C(N=[N+]=[N-])[C@H]2O)OC(CO)[C@@H]1O. The van der Waals surface area contributed by atoms with Gasteiger partial charge in [0.25, 0.3) is 0 Å². The summed E-state index contributed by atoms with van der Waals surface area (Å²) in [5, 5.41) is 62.5. The van der Waals surface area contributed by atoms with E-state index in [1.165, 1.54) is 0 Å². The van der Waals surface area contributed by atoms with Gasteiger partial charge in [0.05, 0.1) is 37.6 Å². The lowest BCUT2D eigenvalue weighted by atomic mass is 9.92. The predicted molar refractivity (Wildman–Crippen MR) is 85.2 cm³/mol. The van der Waals surface area contributed by atoms with Crippen LogP contribution in [-0.2, 0) is 9.47 Å². The minimum Gasteiger partial charge on any atom is -0.394 e. The number of hydrogen-bond donors (Lipinski definition) is 6. The van der Waals surface area contributed by atoms with Crippen molar-refractivity contribution in [1.82, 2.24) is 0 Å². The topological polar surface area (TPSA) is 189 Å². The Labute approximate surface area is 147 Å². The Morgan fingerprint density at radius 3 is 1.96 bits per heavy atom. The number of rotatable bonds is 5. The summed E-state index contributed by atoms with van der Waals surface area (Å²) in [6.45, 7) is 0.572. The van der Waals surface area contributed by atoms with Crippen LogP contribution in [0.25, 0.3) is 10.4 Å². The molecule has 2 aliphatic rings. The monoisotopic (exact) mass is 381 g/mol. The van der Waals surface area contributed by atoms with Gasteiger partial charge in [-0.05, 0) is 5.53 Å². The molecular weight excluding hydrogens is 358 g/mol. The van der Waals surface area contributed by atoms with Crippen molar-refractivity contribution in [3.8, 4) is 0 Å². The Hall–Kier alpha value is -0.660. The Kier molecular flexibility index (Phi) is 7.29. The van der Waals surface area contributed by atoms with Crippen molar-refractivity contribution in [1.29, 1.82) is 0 Å². The summed E-state index contributed by atoms with van der Waals surface area (Å²) >= 11 is 0.861. The van der Waals surface area contributed by atoms with Crippen LogP contribution >= 0.6 is 11.8 Å². The van der Waals surface area contributed by atoms with Crippen molar-refractivity contribution in [3.05, 3.63) is 10.4 Å². The van der Waals surface area contributed by atoms with E-state index in [2.05, 4.69) is 10.0 Å². The molecule has 0 aromatic carbocycles. The van der Waals surface area contributed by atoms with Gasteiger partial charge in [-0.15, -0.1) is 0 Å². The lowest BCUT2D eigenvalue weighted by Crippen LogP contribution is -2.58. The van der Waals surface area contributed by atoms with Crippen molar-refractivity contribution >= 4 is 11.8 Å². The molecule has 2 saturated heterocycles. The fraction of sp³-hybridized carbons (Fsp3) is 1.00. The fourth-order valence-corrected chi connectivity index (χ4v) is 4.30. The van der Waals surface area contributed by atoms with Gasteiger partial charge in [0.2, 0.25) is 0 Å². The molecular formula is C13H23N3O8S. The molecule has 2 heterocycles. The number of thioether (sulfide) groups is 1. The zero-order valence-corrected chi connectivity index (χ0v) is 14.3. The quantitative estimate of drug-likeness (QED) is 0.176. The van der Waals surface area contributed by atoms with Crippen LogP contribution in [0, 0.1) is 5.92 Å². The average Bonchev–Trinajstić information content (AvgIpc) is 2.61. The van der Waals surface area contributed by atoms with Crippen LogP contribution in [-0.4, -0.2) is 97.4 Å². The van der Waals surface area contributed by atoms with Gasteiger partial charge in [-0.2, -0.15) is 0 Å². The molecule has 6 N–H and O–H groups in total. The van der Waals surface area contributed by atoms with Crippen molar-refractivity contribution < 1.29 is 40.1 Å². The Morgan fingerprint density at radius 1 is 0.920 bits per heavy atom. The van der Waals surface area contributed by atoms with Crippen LogP contribution in [0.3, 0.4) is 0 Å². The van der Waals surface area contributed by atoms with E-state index in [0.29, 0.717) is 0 Å². The molecule has 12 heteroatoms. The van der Waals surface area contributed by atoms with Gasteiger partial charge in [-0.3, -0.25) is 0 Å². The summed E-state index contributed by atoms with van der Waals surface area (Å²) in [5.41, 5.74) is 6.58. The molecule has 0 spiro atoms. The van der Waals surface area contributed by atoms with Gasteiger partial charge in [0.15, 0.2) is 0 Å². The second kappa shape index (κ2) is 8.82. The molecule has 0 saturated carbocycles. The van der Waals surface area contributed by atoms with E-state index in [-0.39, 0.29) is 0 Å². The summed E-state index contributed by atoms with van der Waals surface area (Å²) < 4.78 is 10.9. The highest BCUT2D eigenvalue weighted by molar-refractivity contribution is 8.00. The van der Waals surface area contributed by atoms with Gasteiger partial charge < -0.3 is 40.1 Å². The molecule has 11 nitrogen and oxygen atoms in total. The van der Waals surface area contributed by atoms with Crippen molar-refractivity contribution in [2.75, 3.05) is 13.2 Å². The number of hydrogen-bond acceptors (Lipinski definition) is 10. The third-order valence-electron chi connectivity index (χ3n) is 4.53. The Bertz CT molecular complexity index is 494. The molecule has 5 unspecified atom stereocenters. The third kappa shape index (κ3) is 4.19. The van der Waals surface area contributed by atoms with E-state index in [9.17, 15) is 30.6 Å². The summed E-state index contributed by atoms with van der Waals surface area (Å²) in [6.07, 6.45) is -6.98. The minimum absolute atomic E-state index is 0.456. The molecule has 2 fully saturated rings. The molecule has 10 atom stereocenters. The maximum Gasteiger partial charge on any atom is 0.132 e. The minimum atomic E-state index is -1.41. The normalized spacial score (nSPS) is 48.0. The number of aliphatic hydroxyl groups is 6. The highest BCUT2D eigenvalue weighted by atomic mass is 32.2. The zero-order chi connectivity index (χ0) is 18.7. The molecule has 25 heavy (non-hydrogen) atoms. The number of aliphatic hydroxyl groups excluding tert-OH is 6. The van der Waals surface area contributed by atoms with E-state index >= 15 is 0 Å². The first-order valence-electron chi connectivity index (χ1n) is 7.80. The zero-order valence-electron chi connectivity index (χ0n) is 13.4. The Morgan fingerprint density at radius 2 is 1.44 bits per heavy atom. The van der Waals surface area contributed by atoms with Crippen molar-refractivity contribution in [2.24, 2.45) is 11.0 Å². The summed E-state index contributed by atoms with van der Waals surface area (Å²) in [4.78, 5) is 2.58. The van der Waals surface area contributed by atoms with Gasteiger partial charge in [0, 0.05) is 10.8 Å². The first kappa shape index (κ1) is 20.6. The highest BCUT2D eigenvalue weighted by Gasteiger charge is 2.48. The smallest absolute Gasteiger partial charge is 0.132 e. The maximum atomic E-state index is 10.3. The molecule has 0 aromatic heterocycles. The molecule has 2 rings (SSSR count). The highest BCUT2D eigenvalue weighted by Crippen LogP contribution is 2.38. The van der Waals surface area contributed by atoms with Gasteiger partial charge in [0.1, 0.15) is 29.2 Å². The summed E-state index contributed by atoms with van der Waals surface area (Å²) in [6, 6.07) is -1.24. The number of nitrogens with zero attached hydrogens (tertiary/aromatic N) is 3. The van der Waals surface area contributed by atoms with E-state index < -0.39 is 72.7 Å². The van der Waals surface area contributed by atoms with E-state index in [1.54, 1.807) is 6.92 Å². The van der Waals surface area contributed by atoms with Gasteiger partial charge in [-0.25, -0.2) is 0 Å². The summed E-state index contributed by atoms with van der Waals surface area (Å²) in [7, 11) is 0. The van der Waals surface area contributed by atoms with Crippen LogP contribution < -0.4 is 0 Å². The molecule has 144 valence electrons. The maximum absolute atomic E-state index is 10.3. The largest absolute Gasteiger partial charge is 0.394 e. The first-order valence-corrected chi connectivity index (χ1v) is 8.74. The van der Waals surface area contributed by atoms with E-state index in [4.69, 9.17) is 15.0 Å². The molecule has 0 radical (unpaired) electrons. The molecule has 0 aliphatic carbocycles. The van der Waals surface area contributed by atoms with Crippen LogP contribution in [0.2, 0.25) is 0 Å². The van der Waals surface area contributed by atoms with Crippen LogP contribution in [0.5, 0.6) is 0 Å². The fourth-order valence-electron chi connectivity index (χ4n) is 2.89. The van der Waals surface area contributed by atoms with Crippen LogP contribution in [0.4, 0.5) is 0 Å². The summed E-state index contributed by atoms with van der Waals surface area (Å²) in [5.74, 6) is -0.601. The molecule has 2 aliphatic heterocycles. The van der Waals surface area contributed by atoms with Crippen LogP contribution in [0.1, 0.15) is 6.92 Å². The first-order chi connectivity index (χ1) is 11.8. The van der Waals surface area contributed by atoms with Crippen molar-refractivity contribution in [2.45, 2.75) is 60.5 Å². The lowest BCUT2D eigenvalue weighted by Gasteiger charge is -2.45. The molecule has 0 bridgehead atoms. The third-order valence-corrected chi connectivity index (χ3v) is 5.84. The molecule has 0 amide bonds.